The molecule has 0 spiro atoms. The normalized spacial score (nSPS) is 10.6. The van der Waals surface area contributed by atoms with E-state index >= 15 is 0 Å². The number of hydrogen-bond acceptors (Lipinski definition) is 6. The molecule has 3 aromatic rings. The number of halogens is 1. The average Bonchev–Trinajstić information content (AvgIpc) is 2.85. The van der Waals surface area contributed by atoms with Gasteiger partial charge in [-0.2, -0.15) is 5.10 Å². The first-order valence-corrected chi connectivity index (χ1v) is 10.8. The number of nitrogens with one attached hydrogen (secondary N) is 2. The van der Waals surface area contributed by atoms with E-state index in [2.05, 4.69) is 15.8 Å². The number of hydrazone groups is 1. The molecule has 0 saturated heterocycles. The zero-order valence-electron chi connectivity index (χ0n) is 18.7. The molecule has 34 heavy (non-hydrogen) atoms. The lowest BCUT2D eigenvalue weighted by molar-refractivity contribution is -0.136. The lowest BCUT2D eigenvalue weighted by Gasteiger charge is -2.13. The molecule has 0 aliphatic rings. The van der Waals surface area contributed by atoms with E-state index in [4.69, 9.17) is 25.8 Å². The Balaban J connectivity index is 1.61. The lowest BCUT2D eigenvalue weighted by atomic mass is 10.2. The highest BCUT2D eigenvalue weighted by molar-refractivity contribution is 6.39. The Morgan fingerprint density at radius 1 is 0.941 bits per heavy atom. The third kappa shape index (κ3) is 6.73. The summed E-state index contributed by atoms with van der Waals surface area (Å²) in [5, 5.41) is 6.95. The van der Waals surface area contributed by atoms with Crippen molar-refractivity contribution in [2.24, 2.45) is 5.10 Å². The van der Waals surface area contributed by atoms with E-state index in [1.165, 1.54) is 13.3 Å². The highest BCUT2D eigenvalue weighted by Crippen LogP contribution is 2.29. The van der Waals surface area contributed by atoms with Gasteiger partial charge in [0, 0.05) is 10.6 Å². The van der Waals surface area contributed by atoms with Crippen LogP contribution in [0, 0.1) is 0 Å². The summed E-state index contributed by atoms with van der Waals surface area (Å²) in [5.41, 5.74) is 4.07. The molecular weight excluding hydrogens is 458 g/mol. The van der Waals surface area contributed by atoms with Crippen molar-refractivity contribution in [1.82, 2.24) is 5.43 Å². The fourth-order valence-electron chi connectivity index (χ4n) is 2.91. The Morgan fingerprint density at radius 3 is 2.47 bits per heavy atom. The zero-order chi connectivity index (χ0) is 24.3. The van der Waals surface area contributed by atoms with Gasteiger partial charge in [-0.3, -0.25) is 9.59 Å². The van der Waals surface area contributed by atoms with Crippen LogP contribution >= 0.6 is 11.6 Å². The molecule has 2 amide bonds. The van der Waals surface area contributed by atoms with Gasteiger partial charge in [-0.15, -0.1) is 0 Å². The molecule has 0 unspecified atom stereocenters. The molecule has 0 aliphatic heterocycles. The molecule has 0 aliphatic carbocycles. The molecule has 9 heteroatoms. The number of nitrogens with zero attached hydrogens (tertiary/aromatic N) is 1. The van der Waals surface area contributed by atoms with Crippen molar-refractivity contribution in [2.45, 2.75) is 13.5 Å². The number of carbonyl (C=O) groups is 2. The first-order valence-electron chi connectivity index (χ1n) is 10.4. The van der Waals surface area contributed by atoms with Gasteiger partial charge in [0.25, 0.3) is 0 Å². The van der Waals surface area contributed by atoms with Crippen LogP contribution in [0.25, 0.3) is 0 Å². The van der Waals surface area contributed by atoms with Gasteiger partial charge < -0.3 is 19.5 Å². The molecule has 0 heterocycles. The van der Waals surface area contributed by atoms with E-state index in [1.807, 2.05) is 25.1 Å². The second-order valence-electron chi connectivity index (χ2n) is 6.87. The van der Waals surface area contributed by atoms with Crippen molar-refractivity contribution in [3.05, 3.63) is 82.9 Å². The van der Waals surface area contributed by atoms with E-state index in [1.54, 1.807) is 48.5 Å². The number of rotatable bonds is 9. The smallest absolute Gasteiger partial charge is 0.329 e. The Hall–Kier alpha value is -4.04. The molecule has 176 valence electrons. The predicted molar refractivity (Wildman–Crippen MR) is 131 cm³/mol. The Kier molecular flexibility index (Phi) is 8.88. The Morgan fingerprint density at radius 2 is 1.71 bits per heavy atom. The number of benzene rings is 3. The quantitative estimate of drug-likeness (QED) is 0.268. The van der Waals surface area contributed by atoms with Crippen LogP contribution in [0.5, 0.6) is 17.2 Å². The number of ether oxygens (including phenoxy) is 3. The van der Waals surface area contributed by atoms with E-state index in [0.717, 1.165) is 5.56 Å². The van der Waals surface area contributed by atoms with Crippen LogP contribution in [0.1, 0.15) is 18.1 Å². The third-order valence-electron chi connectivity index (χ3n) is 4.55. The average molecular weight is 482 g/mol. The largest absolute Gasteiger partial charge is 0.495 e. The van der Waals surface area contributed by atoms with Crippen molar-refractivity contribution in [1.29, 1.82) is 0 Å². The fourth-order valence-corrected chi connectivity index (χ4v) is 3.10. The van der Waals surface area contributed by atoms with Crippen molar-refractivity contribution < 1.29 is 23.8 Å². The summed E-state index contributed by atoms with van der Waals surface area (Å²) in [6.07, 6.45) is 1.40. The number of anilines is 1. The summed E-state index contributed by atoms with van der Waals surface area (Å²) >= 11 is 6.18. The van der Waals surface area contributed by atoms with Crippen LogP contribution in [-0.2, 0) is 16.2 Å². The maximum atomic E-state index is 12.1. The van der Waals surface area contributed by atoms with Gasteiger partial charge in [-0.05, 0) is 48.9 Å². The van der Waals surface area contributed by atoms with Gasteiger partial charge >= 0.3 is 11.8 Å². The minimum absolute atomic E-state index is 0.282. The second kappa shape index (κ2) is 12.3. The summed E-state index contributed by atoms with van der Waals surface area (Å²) in [7, 11) is 1.47. The van der Waals surface area contributed by atoms with Crippen LogP contribution in [0.15, 0.2) is 71.8 Å². The second-order valence-corrected chi connectivity index (χ2v) is 7.28. The van der Waals surface area contributed by atoms with Crippen molar-refractivity contribution in [2.75, 3.05) is 19.0 Å². The van der Waals surface area contributed by atoms with E-state index < -0.39 is 11.8 Å². The van der Waals surface area contributed by atoms with Crippen molar-refractivity contribution in [3.8, 4) is 17.2 Å². The van der Waals surface area contributed by atoms with Gasteiger partial charge in [0.05, 0.1) is 25.6 Å². The number of methoxy groups -OCH3 is 1. The minimum Gasteiger partial charge on any atom is -0.495 e. The van der Waals surface area contributed by atoms with Gasteiger partial charge in [-0.25, -0.2) is 5.43 Å². The topological polar surface area (TPSA) is 98.2 Å². The molecule has 0 fully saturated rings. The molecule has 0 atom stereocenters. The fraction of sp³-hybridized carbons (Fsp3) is 0.160. The molecule has 8 nitrogen and oxygen atoms in total. The summed E-state index contributed by atoms with van der Waals surface area (Å²) in [6.45, 7) is 2.58. The van der Waals surface area contributed by atoms with Gasteiger partial charge in [0.2, 0.25) is 0 Å². The minimum atomic E-state index is -0.924. The van der Waals surface area contributed by atoms with Crippen LogP contribution in [0.4, 0.5) is 5.69 Å². The number of amides is 2. The first kappa shape index (κ1) is 24.6. The van der Waals surface area contributed by atoms with Crippen LogP contribution < -0.4 is 25.0 Å². The van der Waals surface area contributed by atoms with Gasteiger partial charge in [0.15, 0.2) is 11.5 Å². The van der Waals surface area contributed by atoms with E-state index in [-0.39, 0.29) is 6.61 Å². The lowest BCUT2D eigenvalue weighted by Crippen LogP contribution is -2.32. The first-order chi connectivity index (χ1) is 16.5. The van der Waals surface area contributed by atoms with Crippen LogP contribution in [0.3, 0.4) is 0 Å². The Labute approximate surface area is 202 Å². The molecule has 3 aromatic carbocycles. The highest BCUT2D eigenvalue weighted by atomic mass is 35.5. The monoisotopic (exact) mass is 481 g/mol. The van der Waals surface area contributed by atoms with E-state index in [0.29, 0.717) is 40.1 Å². The summed E-state index contributed by atoms with van der Waals surface area (Å²) in [5.74, 6) is -0.308. The van der Waals surface area contributed by atoms with Crippen molar-refractivity contribution >= 4 is 35.3 Å². The highest BCUT2D eigenvalue weighted by Gasteiger charge is 2.15. The molecule has 0 aromatic heterocycles. The zero-order valence-corrected chi connectivity index (χ0v) is 19.5. The molecule has 0 radical (unpaired) electrons. The number of hydrogen-bond donors (Lipinski definition) is 2. The maximum Gasteiger partial charge on any atom is 0.329 e. The third-order valence-corrected chi connectivity index (χ3v) is 4.92. The number of para-hydroxylation sites is 2. The van der Waals surface area contributed by atoms with E-state index in [9.17, 15) is 9.59 Å². The van der Waals surface area contributed by atoms with Crippen molar-refractivity contribution in [3.63, 3.8) is 0 Å². The number of carbonyl (C=O) groups excluding carboxylic acids is 2. The molecule has 0 bridgehead atoms. The van der Waals surface area contributed by atoms with Crippen LogP contribution in [-0.4, -0.2) is 31.7 Å². The molecule has 3 rings (SSSR count). The predicted octanol–water partition coefficient (Wildman–Crippen LogP) is 4.42. The van der Waals surface area contributed by atoms with Gasteiger partial charge in [-0.1, -0.05) is 41.9 Å². The summed E-state index contributed by atoms with van der Waals surface area (Å²) in [6, 6.07) is 19.4. The standard InChI is InChI=1S/C25H24ClN3O5/c1-3-33-23-14-17(12-13-22(23)34-16-18-8-4-5-9-19(18)26)15-27-29-25(31)24(30)28-20-10-6-7-11-21(20)32-2/h4-15H,3,16H2,1-2H3,(H,28,30)(H,29,31)/b27-15+. The van der Waals surface area contributed by atoms with Gasteiger partial charge in [0.1, 0.15) is 12.4 Å². The molecule has 2 N–H and O–H groups in total. The Bertz CT molecular complexity index is 1180. The molecular formula is C25H24ClN3O5. The molecule has 0 saturated carbocycles. The SMILES string of the molecule is CCOc1cc(/C=N/NC(=O)C(=O)Nc2ccccc2OC)ccc1OCc1ccccc1Cl. The maximum absolute atomic E-state index is 12.1. The van der Waals surface area contributed by atoms with Crippen LogP contribution in [0.2, 0.25) is 5.02 Å². The summed E-state index contributed by atoms with van der Waals surface area (Å²) in [4.78, 5) is 24.2. The summed E-state index contributed by atoms with van der Waals surface area (Å²) < 4.78 is 16.7.